The van der Waals surface area contributed by atoms with Gasteiger partial charge in [0.2, 0.25) is 5.91 Å². The molecular weight excluding hydrogens is 232 g/mol. The SMILES string of the molecule is CSc1ccc2[nH]cc(CCNC(C)=O)c2c1. The minimum absolute atomic E-state index is 0.0228. The van der Waals surface area contributed by atoms with Crippen molar-refractivity contribution in [3.8, 4) is 0 Å². The zero-order chi connectivity index (χ0) is 12.3. The number of aromatic nitrogens is 1. The van der Waals surface area contributed by atoms with Crippen molar-refractivity contribution in [3.63, 3.8) is 0 Å². The smallest absolute Gasteiger partial charge is 0.216 e. The van der Waals surface area contributed by atoms with E-state index in [1.807, 2.05) is 6.20 Å². The van der Waals surface area contributed by atoms with Crippen LogP contribution in [0.25, 0.3) is 10.9 Å². The number of rotatable bonds is 4. The number of hydrogen-bond acceptors (Lipinski definition) is 2. The Labute approximate surface area is 105 Å². The fraction of sp³-hybridized carbons (Fsp3) is 0.308. The lowest BCUT2D eigenvalue weighted by Gasteiger charge is -2.02. The topological polar surface area (TPSA) is 44.9 Å². The fourth-order valence-corrected chi connectivity index (χ4v) is 2.30. The van der Waals surface area contributed by atoms with Gasteiger partial charge in [0.25, 0.3) is 0 Å². The van der Waals surface area contributed by atoms with E-state index in [2.05, 4.69) is 34.8 Å². The predicted octanol–water partition coefficient (Wildman–Crippen LogP) is 2.57. The van der Waals surface area contributed by atoms with Gasteiger partial charge in [-0.3, -0.25) is 4.79 Å². The minimum Gasteiger partial charge on any atom is -0.361 e. The molecule has 1 aromatic heterocycles. The van der Waals surface area contributed by atoms with Gasteiger partial charge in [-0.15, -0.1) is 11.8 Å². The van der Waals surface area contributed by atoms with Crippen LogP contribution in [0.15, 0.2) is 29.3 Å². The summed E-state index contributed by atoms with van der Waals surface area (Å²) in [5, 5.41) is 4.07. The van der Waals surface area contributed by atoms with Crippen LogP contribution in [0.2, 0.25) is 0 Å². The number of carbonyl (C=O) groups excluding carboxylic acids is 1. The Morgan fingerprint density at radius 3 is 3.00 bits per heavy atom. The Balaban J connectivity index is 2.19. The molecule has 2 rings (SSSR count). The van der Waals surface area contributed by atoms with Crippen molar-refractivity contribution in [3.05, 3.63) is 30.0 Å². The molecule has 0 saturated heterocycles. The third-order valence-electron chi connectivity index (χ3n) is 2.74. The van der Waals surface area contributed by atoms with E-state index in [1.54, 1.807) is 18.7 Å². The highest BCUT2D eigenvalue weighted by Gasteiger charge is 2.04. The molecule has 1 heterocycles. The molecule has 90 valence electrons. The first-order valence-electron chi connectivity index (χ1n) is 5.59. The van der Waals surface area contributed by atoms with E-state index < -0.39 is 0 Å². The van der Waals surface area contributed by atoms with E-state index in [1.165, 1.54) is 15.8 Å². The van der Waals surface area contributed by atoms with Crippen LogP contribution in [-0.4, -0.2) is 23.7 Å². The van der Waals surface area contributed by atoms with Crippen LogP contribution >= 0.6 is 11.8 Å². The summed E-state index contributed by atoms with van der Waals surface area (Å²) in [4.78, 5) is 15.3. The molecular formula is C13H16N2OS. The molecule has 1 amide bonds. The van der Waals surface area contributed by atoms with Crippen molar-refractivity contribution < 1.29 is 4.79 Å². The highest BCUT2D eigenvalue weighted by atomic mass is 32.2. The normalized spacial score (nSPS) is 10.7. The maximum atomic E-state index is 10.8. The molecule has 3 nitrogen and oxygen atoms in total. The monoisotopic (exact) mass is 248 g/mol. The first kappa shape index (κ1) is 12.0. The molecule has 0 aliphatic heterocycles. The van der Waals surface area contributed by atoms with Gasteiger partial charge in [0.15, 0.2) is 0 Å². The second-order valence-electron chi connectivity index (χ2n) is 3.96. The zero-order valence-corrected chi connectivity index (χ0v) is 10.9. The molecule has 0 saturated carbocycles. The average Bonchev–Trinajstić information content (AvgIpc) is 2.71. The highest BCUT2D eigenvalue weighted by molar-refractivity contribution is 7.98. The van der Waals surface area contributed by atoms with Crippen molar-refractivity contribution in [2.24, 2.45) is 0 Å². The quantitative estimate of drug-likeness (QED) is 0.817. The Morgan fingerprint density at radius 2 is 2.29 bits per heavy atom. The van der Waals surface area contributed by atoms with Gasteiger partial charge >= 0.3 is 0 Å². The van der Waals surface area contributed by atoms with Crippen LogP contribution in [0, 0.1) is 0 Å². The van der Waals surface area contributed by atoms with Crippen molar-refractivity contribution in [2.45, 2.75) is 18.2 Å². The first-order valence-corrected chi connectivity index (χ1v) is 6.81. The molecule has 2 aromatic rings. The number of benzene rings is 1. The Bertz CT molecular complexity index is 533. The van der Waals surface area contributed by atoms with Gasteiger partial charge in [0, 0.05) is 35.5 Å². The van der Waals surface area contributed by atoms with Gasteiger partial charge in [0.1, 0.15) is 0 Å². The second-order valence-corrected chi connectivity index (χ2v) is 4.84. The Morgan fingerprint density at radius 1 is 1.47 bits per heavy atom. The van der Waals surface area contributed by atoms with Crippen LogP contribution in [0.1, 0.15) is 12.5 Å². The summed E-state index contributed by atoms with van der Waals surface area (Å²) in [6.45, 7) is 2.23. The minimum atomic E-state index is 0.0228. The van der Waals surface area contributed by atoms with Gasteiger partial charge in [-0.25, -0.2) is 0 Å². The summed E-state index contributed by atoms with van der Waals surface area (Å²) >= 11 is 1.74. The largest absolute Gasteiger partial charge is 0.361 e. The lowest BCUT2D eigenvalue weighted by molar-refractivity contribution is -0.118. The molecule has 4 heteroatoms. The highest BCUT2D eigenvalue weighted by Crippen LogP contribution is 2.24. The third kappa shape index (κ3) is 2.82. The van der Waals surface area contributed by atoms with Crippen molar-refractivity contribution in [2.75, 3.05) is 12.8 Å². The number of fused-ring (bicyclic) bond motifs is 1. The van der Waals surface area contributed by atoms with E-state index >= 15 is 0 Å². The summed E-state index contributed by atoms with van der Waals surface area (Å²) in [5.74, 6) is 0.0228. The van der Waals surface area contributed by atoms with E-state index in [0.717, 1.165) is 11.9 Å². The van der Waals surface area contributed by atoms with Gasteiger partial charge < -0.3 is 10.3 Å². The van der Waals surface area contributed by atoms with Gasteiger partial charge in [0.05, 0.1) is 0 Å². The van der Waals surface area contributed by atoms with Crippen molar-refractivity contribution in [1.82, 2.24) is 10.3 Å². The summed E-state index contributed by atoms with van der Waals surface area (Å²) in [7, 11) is 0. The number of H-pyrrole nitrogens is 1. The number of carbonyl (C=O) groups is 1. The lowest BCUT2D eigenvalue weighted by atomic mass is 10.1. The number of amides is 1. The lowest BCUT2D eigenvalue weighted by Crippen LogP contribution is -2.22. The summed E-state index contributed by atoms with van der Waals surface area (Å²) in [6, 6.07) is 6.41. The third-order valence-corrected chi connectivity index (χ3v) is 3.47. The number of hydrogen-bond donors (Lipinski definition) is 2. The molecule has 17 heavy (non-hydrogen) atoms. The molecule has 0 aliphatic rings. The van der Waals surface area contributed by atoms with Crippen LogP contribution in [0.3, 0.4) is 0 Å². The van der Waals surface area contributed by atoms with E-state index in [4.69, 9.17) is 0 Å². The fourth-order valence-electron chi connectivity index (χ4n) is 1.86. The molecule has 0 bridgehead atoms. The Hall–Kier alpha value is -1.42. The summed E-state index contributed by atoms with van der Waals surface area (Å²) in [6.07, 6.45) is 4.96. The van der Waals surface area contributed by atoms with Crippen molar-refractivity contribution in [1.29, 1.82) is 0 Å². The molecule has 0 aliphatic carbocycles. The molecule has 0 unspecified atom stereocenters. The standard InChI is InChI=1S/C13H16N2OS/c1-9(16)14-6-5-10-8-15-13-4-3-11(17-2)7-12(10)13/h3-4,7-8,15H,5-6H2,1-2H3,(H,14,16). The molecule has 2 N–H and O–H groups in total. The van der Waals surface area contributed by atoms with E-state index in [0.29, 0.717) is 6.54 Å². The van der Waals surface area contributed by atoms with Crippen LogP contribution in [-0.2, 0) is 11.2 Å². The Kier molecular flexibility index (Phi) is 3.74. The maximum Gasteiger partial charge on any atom is 0.216 e. The maximum absolute atomic E-state index is 10.8. The average molecular weight is 248 g/mol. The number of nitrogens with one attached hydrogen (secondary N) is 2. The molecule has 0 spiro atoms. The summed E-state index contributed by atoms with van der Waals surface area (Å²) in [5.41, 5.74) is 2.41. The van der Waals surface area contributed by atoms with E-state index in [-0.39, 0.29) is 5.91 Å². The van der Waals surface area contributed by atoms with Crippen LogP contribution < -0.4 is 5.32 Å². The zero-order valence-electron chi connectivity index (χ0n) is 10.0. The second kappa shape index (κ2) is 5.27. The molecule has 0 fully saturated rings. The van der Waals surface area contributed by atoms with Gasteiger partial charge in [-0.1, -0.05) is 0 Å². The number of thioether (sulfide) groups is 1. The van der Waals surface area contributed by atoms with Gasteiger partial charge in [-0.2, -0.15) is 0 Å². The molecule has 0 atom stereocenters. The van der Waals surface area contributed by atoms with Crippen molar-refractivity contribution >= 4 is 28.6 Å². The molecule has 1 aromatic carbocycles. The molecule has 0 radical (unpaired) electrons. The predicted molar refractivity (Wildman–Crippen MR) is 72.5 cm³/mol. The first-order chi connectivity index (χ1) is 8.20. The van der Waals surface area contributed by atoms with Crippen LogP contribution in [0.4, 0.5) is 0 Å². The number of aromatic amines is 1. The summed E-state index contributed by atoms with van der Waals surface area (Å²) < 4.78 is 0. The van der Waals surface area contributed by atoms with Crippen LogP contribution in [0.5, 0.6) is 0 Å². The van der Waals surface area contributed by atoms with Gasteiger partial charge in [-0.05, 0) is 36.4 Å². The van der Waals surface area contributed by atoms with E-state index in [9.17, 15) is 4.79 Å².